The predicted octanol–water partition coefficient (Wildman–Crippen LogP) is 3.28. The number of ether oxygens (including phenoxy) is 1. The van der Waals surface area contributed by atoms with E-state index >= 15 is 0 Å². The molecule has 20 heavy (non-hydrogen) atoms. The Morgan fingerprint density at radius 2 is 1.95 bits per heavy atom. The van der Waals surface area contributed by atoms with Gasteiger partial charge < -0.3 is 15.2 Å². The summed E-state index contributed by atoms with van der Waals surface area (Å²) in [5, 5.41) is 13.3. The molecule has 1 aromatic rings. The monoisotopic (exact) mass is 283 g/mol. The van der Waals surface area contributed by atoms with Crippen LogP contribution in [0.2, 0.25) is 0 Å². The summed E-state index contributed by atoms with van der Waals surface area (Å²) in [6, 6.07) is 4.58. The van der Waals surface area contributed by atoms with Crippen molar-refractivity contribution in [2.45, 2.75) is 45.8 Å². The normalized spacial score (nSPS) is 14.3. The van der Waals surface area contributed by atoms with Gasteiger partial charge in [-0.15, -0.1) is 0 Å². The van der Waals surface area contributed by atoms with Crippen molar-refractivity contribution in [3.63, 3.8) is 0 Å². The summed E-state index contributed by atoms with van der Waals surface area (Å²) in [5.74, 6) is 0.514. The molecule has 0 saturated heterocycles. The third kappa shape index (κ3) is 4.18. The minimum atomic E-state index is -0.412. The SMILES string of the molecule is CCC(CC)C(O)CNC(C)c1c(F)cccc1OC. The molecule has 2 N–H and O–H groups in total. The Hall–Kier alpha value is -1.13. The zero-order valence-corrected chi connectivity index (χ0v) is 12.8. The van der Waals surface area contributed by atoms with Crippen LogP contribution in [-0.2, 0) is 0 Å². The third-order valence-corrected chi connectivity index (χ3v) is 3.89. The second-order valence-electron chi connectivity index (χ2n) is 5.13. The average molecular weight is 283 g/mol. The molecular weight excluding hydrogens is 257 g/mol. The van der Waals surface area contributed by atoms with E-state index in [1.54, 1.807) is 12.1 Å². The van der Waals surface area contributed by atoms with Gasteiger partial charge in [-0.25, -0.2) is 4.39 Å². The molecule has 2 unspecified atom stereocenters. The first-order valence-electron chi connectivity index (χ1n) is 7.28. The molecule has 114 valence electrons. The maximum absolute atomic E-state index is 13.9. The van der Waals surface area contributed by atoms with Crippen LogP contribution < -0.4 is 10.1 Å². The van der Waals surface area contributed by atoms with Crippen LogP contribution in [-0.4, -0.2) is 24.9 Å². The van der Waals surface area contributed by atoms with Crippen molar-refractivity contribution in [2.75, 3.05) is 13.7 Å². The topological polar surface area (TPSA) is 41.5 Å². The molecule has 0 saturated carbocycles. The maximum atomic E-state index is 13.9. The number of hydrogen-bond acceptors (Lipinski definition) is 3. The lowest BCUT2D eigenvalue weighted by Crippen LogP contribution is -2.34. The molecule has 0 spiro atoms. The van der Waals surface area contributed by atoms with Crippen molar-refractivity contribution in [3.8, 4) is 5.75 Å². The van der Waals surface area contributed by atoms with Crippen molar-refractivity contribution in [1.82, 2.24) is 5.32 Å². The Morgan fingerprint density at radius 1 is 1.30 bits per heavy atom. The molecule has 0 aromatic heterocycles. The fraction of sp³-hybridized carbons (Fsp3) is 0.625. The lowest BCUT2D eigenvalue weighted by molar-refractivity contribution is 0.0986. The van der Waals surface area contributed by atoms with Crippen molar-refractivity contribution in [2.24, 2.45) is 5.92 Å². The van der Waals surface area contributed by atoms with E-state index in [0.717, 1.165) is 12.8 Å². The van der Waals surface area contributed by atoms with Crippen LogP contribution in [0.25, 0.3) is 0 Å². The molecule has 0 amide bonds. The Bertz CT molecular complexity index is 407. The number of methoxy groups -OCH3 is 1. The fourth-order valence-corrected chi connectivity index (χ4v) is 2.51. The van der Waals surface area contributed by atoms with Crippen molar-refractivity contribution in [3.05, 3.63) is 29.6 Å². The molecule has 0 aliphatic carbocycles. The summed E-state index contributed by atoms with van der Waals surface area (Å²) in [6.07, 6.45) is 1.47. The van der Waals surface area contributed by atoms with Gasteiger partial charge in [0.25, 0.3) is 0 Å². The molecule has 0 fully saturated rings. The Kier molecular flexibility index (Phi) is 6.96. The van der Waals surface area contributed by atoms with E-state index in [-0.39, 0.29) is 17.8 Å². The molecule has 3 nitrogen and oxygen atoms in total. The first-order chi connectivity index (χ1) is 9.54. The van der Waals surface area contributed by atoms with Gasteiger partial charge in [0.05, 0.1) is 13.2 Å². The van der Waals surface area contributed by atoms with E-state index in [4.69, 9.17) is 4.74 Å². The predicted molar refractivity (Wildman–Crippen MR) is 79.4 cm³/mol. The minimum absolute atomic E-state index is 0.213. The zero-order valence-electron chi connectivity index (χ0n) is 12.8. The van der Waals surface area contributed by atoms with Gasteiger partial charge in [-0.2, -0.15) is 0 Å². The fourth-order valence-electron chi connectivity index (χ4n) is 2.51. The Labute approximate surface area is 121 Å². The van der Waals surface area contributed by atoms with E-state index in [2.05, 4.69) is 19.2 Å². The van der Waals surface area contributed by atoms with Gasteiger partial charge >= 0.3 is 0 Å². The Balaban J connectivity index is 2.70. The lowest BCUT2D eigenvalue weighted by atomic mass is 9.96. The van der Waals surface area contributed by atoms with E-state index < -0.39 is 6.10 Å². The molecule has 1 aromatic carbocycles. The first kappa shape index (κ1) is 16.9. The number of aliphatic hydroxyl groups is 1. The highest BCUT2D eigenvalue weighted by atomic mass is 19.1. The first-order valence-corrected chi connectivity index (χ1v) is 7.28. The Morgan fingerprint density at radius 3 is 2.50 bits per heavy atom. The van der Waals surface area contributed by atoms with Crippen LogP contribution in [0.1, 0.15) is 45.2 Å². The van der Waals surface area contributed by atoms with Crippen molar-refractivity contribution >= 4 is 0 Å². The van der Waals surface area contributed by atoms with Crippen LogP contribution in [0, 0.1) is 11.7 Å². The lowest BCUT2D eigenvalue weighted by Gasteiger charge is -2.24. The molecule has 4 heteroatoms. The van der Waals surface area contributed by atoms with Gasteiger partial charge in [0, 0.05) is 18.2 Å². The maximum Gasteiger partial charge on any atom is 0.131 e. The number of nitrogens with one attached hydrogen (secondary N) is 1. The van der Waals surface area contributed by atoms with Crippen molar-refractivity contribution < 1.29 is 14.2 Å². The van der Waals surface area contributed by atoms with Gasteiger partial charge in [0.1, 0.15) is 11.6 Å². The van der Waals surface area contributed by atoms with E-state index in [9.17, 15) is 9.50 Å². The molecular formula is C16H26FNO2. The number of rotatable bonds is 8. The van der Waals surface area contributed by atoms with Crippen LogP contribution in [0.15, 0.2) is 18.2 Å². The summed E-state index contributed by atoms with van der Waals surface area (Å²) in [4.78, 5) is 0. The second-order valence-corrected chi connectivity index (χ2v) is 5.13. The van der Waals surface area contributed by atoms with E-state index in [1.165, 1.54) is 13.2 Å². The number of hydrogen-bond donors (Lipinski definition) is 2. The molecule has 0 aliphatic rings. The third-order valence-electron chi connectivity index (χ3n) is 3.89. The van der Waals surface area contributed by atoms with Crippen molar-refractivity contribution in [1.29, 1.82) is 0 Å². The molecule has 0 bridgehead atoms. The summed E-state index contributed by atoms with van der Waals surface area (Å²) >= 11 is 0. The molecule has 1 rings (SSSR count). The summed E-state index contributed by atoms with van der Waals surface area (Å²) < 4.78 is 19.1. The molecule has 0 aliphatic heterocycles. The van der Waals surface area contributed by atoms with Crippen LogP contribution >= 0.6 is 0 Å². The van der Waals surface area contributed by atoms with Gasteiger partial charge in [-0.05, 0) is 25.0 Å². The smallest absolute Gasteiger partial charge is 0.131 e. The zero-order chi connectivity index (χ0) is 15.1. The summed E-state index contributed by atoms with van der Waals surface area (Å²) in [5.41, 5.74) is 0.506. The quantitative estimate of drug-likeness (QED) is 0.769. The average Bonchev–Trinajstić information content (AvgIpc) is 2.45. The van der Waals surface area contributed by atoms with Gasteiger partial charge in [0.15, 0.2) is 0 Å². The number of benzene rings is 1. The van der Waals surface area contributed by atoms with Crippen LogP contribution in [0.3, 0.4) is 0 Å². The van der Waals surface area contributed by atoms with Crippen LogP contribution in [0.4, 0.5) is 4.39 Å². The largest absolute Gasteiger partial charge is 0.496 e. The van der Waals surface area contributed by atoms with Gasteiger partial charge in [-0.3, -0.25) is 0 Å². The second kappa shape index (κ2) is 8.22. The highest BCUT2D eigenvalue weighted by Crippen LogP contribution is 2.27. The van der Waals surface area contributed by atoms with Gasteiger partial charge in [0.2, 0.25) is 0 Å². The highest BCUT2D eigenvalue weighted by Gasteiger charge is 2.19. The standard InChI is InChI=1S/C16H26FNO2/c1-5-12(6-2)14(19)10-18-11(3)16-13(17)8-7-9-15(16)20-4/h7-9,11-12,14,18-19H,5-6,10H2,1-4H3. The van der Waals surface area contributed by atoms with Crippen LogP contribution in [0.5, 0.6) is 5.75 Å². The summed E-state index contributed by atoms with van der Waals surface area (Å²) in [6.45, 7) is 6.47. The molecule has 0 radical (unpaired) electrons. The van der Waals surface area contributed by atoms with Gasteiger partial charge in [-0.1, -0.05) is 32.8 Å². The molecule has 0 heterocycles. The summed E-state index contributed by atoms with van der Waals surface area (Å²) in [7, 11) is 1.53. The van der Waals surface area contributed by atoms with E-state index in [0.29, 0.717) is 17.9 Å². The number of aliphatic hydroxyl groups excluding tert-OH is 1. The highest BCUT2D eigenvalue weighted by molar-refractivity contribution is 5.36. The van der Waals surface area contributed by atoms with E-state index in [1.807, 2.05) is 6.92 Å². The minimum Gasteiger partial charge on any atom is -0.496 e. The molecule has 2 atom stereocenters. The number of halogens is 1.